The van der Waals surface area contributed by atoms with Crippen molar-refractivity contribution in [2.75, 3.05) is 12.4 Å². The lowest BCUT2D eigenvalue weighted by atomic mass is 9.74. The third-order valence-corrected chi connectivity index (χ3v) is 4.36. The number of nitrogens with two attached hydrogens (primary N) is 1. The van der Waals surface area contributed by atoms with Crippen molar-refractivity contribution in [2.45, 2.75) is 40.2 Å². The molecule has 0 fully saturated rings. The van der Waals surface area contributed by atoms with Gasteiger partial charge in [-0.1, -0.05) is 15.9 Å². The van der Waals surface area contributed by atoms with E-state index in [2.05, 4.69) is 21.2 Å². The van der Waals surface area contributed by atoms with E-state index in [1.807, 2.05) is 46.8 Å². The zero-order chi connectivity index (χ0) is 15.7. The summed E-state index contributed by atoms with van der Waals surface area (Å²) in [6.45, 7) is 9.28. The molecule has 0 aliphatic rings. The minimum atomic E-state index is -0.711. The van der Waals surface area contributed by atoms with Crippen molar-refractivity contribution in [3.8, 4) is 5.75 Å². The number of nitrogens with one attached hydrogen (secondary N) is 1. The molecule has 1 aromatic rings. The Hall–Kier alpha value is -1.07. The Morgan fingerprint density at radius 2 is 1.85 bits per heavy atom. The predicted octanol–water partition coefficient (Wildman–Crippen LogP) is 3.47. The molecule has 0 radical (unpaired) electrons. The minimum absolute atomic E-state index is 0.131. The number of benzene rings is 1. The molecule has 0 aromatic heterocycles. The van der Waals surface area contributed by atoms with Crippen LogP contribution in [0.5, 0.6) is 5.75 Å². The van der Waals surface area contributed by atoms with Crippen LogP contribution in [-0.2, 0) is 4.79 Å². The number of hydrogen-bond acceptors (Lipinski definition) is 3. The molecular formula is C15H23BrN2O2. The molecule has 0 heterocycles. The van der Waals surface area contributed by atoms with Crippen LogP contribution in [0, 0.1) is 12.3 Å². The molecule has 0 saturated carbocycles. The second-order valence-corrected chi connectivity index (χ2v) is 7.02. The van der Waals surface area contributed by atoms with Gasteiger partial charge in [-0.3, -0.25) is 4.79 Å². The van der Waals surface area contributed by atoms with Gasteiger partial charge in [0, 0.05) is 10.0 Å². The van der Waals surface area contributed by atoms with Crippen LogP contribution in [0.15, 0.2) is 16.6 Å². The summed E-state index contributed by atoms with van der Waals surface area (Å²) in [6.07, 6.45) is 0. The van der Waals surface area contributed by atoms with E-state index in [4.69, 9.17) is 10.5 Å². The van der Waals surface area contributed by atoms with Crippen LogP contribution in [0.3, 0.4) is 0 Å². The summed E-state index contributed by atoms with van der Waals surface area (Å²) in [4.78, 5) is 12.5. The van der Waals surface area contributed by atoms with Crippen molar-refractivity contribution >= 4 is 27.5 Å². The highest BCUT2D eigenvalue weighted by atomic mass is 79.9. The minimum Gasteiger partial charge on any atom is -0.495 e. The van der Waals surface area contributed by atoms with E-state index < -0.39 is 11.0 Å². The van der Waals surface area contributed by atoms with Crippen molar-refractivity contribution in [3.05, 3.63) is 22.2 Å². The first kappa shape index (κ1) is 17.0. The van der Waals surface area contributed by atoms with E-state index in [0.29, 0.717) is 11.4 Å². The first-order valence-electron chi connectivity index (χ1n) is 6.45. The zero-order valence-corrected chi connectivity index (χ0v) is 14.5. The lowest BCUT2D eigenvalue weighted by Gasteiger charge is -2.37. The third-order valence-electron chi connectivity index (χ3n) is 3.90. The number of methoxy groups -OCH3 is 1. The SMILES string of the molecule is COc1cc(Br)cc(C)c1NC(=O)C(C)(C)C(C)(C)N. The van der Waals surface area contributed by atoms with Crippen molar-refractivity contribution in [1.29, 1.82) is 0 Å². The molecule has 1 amide bonds. The van der Waals surface area contributed by atoms with Crippen molar-refractivity contribution < 1.29 is 9.53 Å². The number of ether oxygens (including phenoxy) is 1. The molecule has 0 spiro atoms. The van der Waals surface area contributed by atoms with Crippen molar-refractivity contribution in [3.63, 3.8) is 0 Å². The normalized spacial score (nSPS) is 12.2. The fourth-order valence-electron chi connectivity index (χ4n) is 1.60. The summed E-state index contributed by atoms with van der Waals surface area (Å²) in [5.41, 5.74) is 6.36. The van der Waals surface area contributed by atoms with Gasteiger partial charge in [-0.15, -0.1) is 0 Å². The number of rotatable bonds is 4. The second kappa shape index (κ2) is 5.74. The maximum atomic E-state index is 12.5. The highest BCUT2D eigenvalue weighted by Gasteiger charge is 2.40. The van der Waals surface area contributed by atoms with Crippen LogP contribution in [0.2, 0.25) is 0 Å². The van der Waals surface area contributed by atoms with Gasteiger partial charge in [0.2, 0.25) is 5.91 Å². The predicted molar refractivity (Wildman–Crippen MR) is 86.1 cm³/mol. The van der Waals surface area contributed by atoms with Crippen molar-refractivity contribution in [2.24, 2.45) is 11.1 Å². The van der Waals surface area contributed by atoms with Gasteiger partial charge in [0.15, 0.2) is 0 Å². The van der Waals surface area contributed by atoms with E-state index in [-0.39, 0.29) is 5.91 Å². The summed E-state index contributed by atoms with van der Waals surface area (Å²) in [7, 11) is 1.58. The fourth-order valence-corrected chi connectivity index (χ4v) is 2.15. The highest BCUT2D eigenvalue weighted by molar-refractivity contribution is 9.10. The van der Waals surface area contributed by atoms with Gasteiger partial charge < -0.3 is 15.8 Å². The molecular weight excluding hydrogens is 320 g/mol. The van der Waals surface area contributed by atoms with E-state index in [9.17, 15) is 4.79 Å². The van der Waals surface area contributed by atoms with E-state index in [1.54, 1.807) is 7.11 Å². The molecule has 0 bridgehead atoms. The van der Waals surface area contributed by atoms with Gasteiger partial charge in [0.25, 0.3) is 0 Å². The Bertz CT molecular complexity index is 519. The first-order chi connectivity index (χ1) is 9.00. The monoisotopic (exact) mass is 342 g/mol. The number of carbonyl (C=O) groups excluding carboxylic acids is 1. The van der Waals surface area contributed by atoms with Gasteiger partial charge in [-0.2, -0.15) is 0 Å². The van der Waals surface area contributed by atoms with Gasteiger partial charge in [-0.05, 0) is 52.3 Å². The molecule has 0 aliphatic heterocycles. The van der Waals surface area contributed by atoms with Crippen molar-refractivity contribution in [1.82, 2.24) is 0 Å². The van der Waals surface area contributed by atoms with Gasteiger partial charge in [-0.25, -0.2) is 0 Å². The molecule has 3 N–H and O–H groups in total. The van der Waals surface area contributed by atoms with Crippen LogP contribution >= 0.6 is 15.9 Å². The highest BCUT2D eigenvalue weighted by Crippen LogP contribution is 2.35. The lowest BCUT2D eigenvalue weighted by molar-refractivity contribution is -0.126. The molecule has 4 nitrogen and oxygen atoms in total. The maximum absolute atomic E-state index is 12.5. The number of carbonyl (C=O) groups is 1. The van der Waals surface area contributed by atoms with Crippen LogP contribution in [0.4, 0.5) is 5.69 Å². The molecule has 1 rings (SSSR count). The Kier molecular flexibility index (Phi) is 4.87. The number of amides is 1. The summed E-state index contributed by atoms with van der Waals surface area (Å²) in [6, 6.07) is 3.75. The molecule has 1 aromatic carbocycles. The maximum Gasteiger partial charge on any atom is 0.231 e. The van der Waals surface area contributed by atoms with Gasteiger partial charge >= 0.3 is 0 Å². The van der Waals surface area contributed by atoms with E-state index >= 15 is 0 Å². The number of aryl methyl sites for hydroxylation is 1. The molecule has 0 atom stereocenters. The Morgan fingerprint density at radius 3 is 2.30 bits per heavy atom. The van der Waals surface area contributed by atoms with E-state index in [0.717, 1.165) is 10.0 Å². The third kappa shape index (κ3) is 3.33. The summed E-state index contributed by atoms with van der Waals surface area (Å²) in [5.74, 6) is 0.490. The summed E-state index contributed by atoms with van der Waals surface area (Å²) < 4.78 is 6.24. The Labute approximate surface area is 129 Å². The molecule has 0 aliphatic carbocycles. The summed E-state index contributed by atoms with van der Waals surface area (Å²) >= 11 is 3.41. The van der Waals surface area contributed by atoms with Gasteiger partial charge in [0.1, 0.15) is 5.75 Å². The number of halogens is 1. The van der Waals surface area contributed by atoms with Crippen LogP contribution in [0.25, 0.3) is 0 Å². The standard InChI is InChI=1S/C15H23BrN2O2/c1-9-7-10(16)8-11(20-6)12(9)18-13(19)14(2,3)15(4,5)17/h7-8H,17H2,1-6H3,(H,18,19). The average molecular weight is 343 g/mol. The van der Waals surface area contributed by atoms with E-state index in [1.165, 1.54) is 0 Å². The summed E-state index contributed by atoms with van der Waals surface area (Å²) in [5, 5.41) is 2.94. The lowest BCUT2D eigenvalue weighted by Crippen LogP contribution is -2.53. The smallest absolute Gasteiger partial charge is 0.231 e. The molecule has 0 saturated heterocycles. The van der Waals surface area contributed by atoms with Crippen LogP contribution in [0.1, 0.15) is 33.3 Å². The molecule has 112 valence electrons. The quantitative estimate of drug-likeness (QED) is 0.880. The fraction of sp³-hybridized carbons (Fsp3) is 0.533. The Balaban J connectivity index is 3.15. The van der Waals surface area contributed by atoms with Crippen LogP contribution in [-0.4, -0.2) is 18.6 Å². The molecule has 0 unspecified atom stereocenters. The zero-order valence-electron chi connectivity index (χ0n) is 12.9. The Morgan fingerprint density at radius 1 is 1.30 bits per heavy atom. The number of anilines is 1. The molecule has 20 heavy (non-hydrogen) atoms. The number of hydrogen-bond donors (Lipinski definition) is 2. The second-order valence-electron chi connectivity index (χ2n) is 6.10. The first-order valence-corrected chi connectivity index (χ1v) is 7.24. The molecule has 5 heteroatoms. The largest absolute Gasteiger partial charge is 0.495 e. The van der Waals surface area contributed by atoms with Crippen LogP contribution < -0.4 is 15.8 Å². The van der Waals surface area contributed by atoms with Gasteiger partial charge in [0.05, 0.1) is 18.2 Å². The average Bonchev–Trinajstić information content (AvgIpc) is 2.30. The topological polar surface area (TPSA) is 64.3 Å².